The summed E-state index contributed by atoms with van der Waals surface area (Å²) >= 11 is 1.65. The number of pyridine rings is 1. The van der Waals surface area contributed by atoms with Crippen LogP contribution in [0.2, 0.25) is 0 Å². The SMILES string of the molecule is c1ccc(CN2CCOC3C(COCc4nccs4)CCC32)nc1. The molecule has 24 heavy (non-hydrogen) atoms. The van der Waals surface area contributed by atoms with Gasteiger partial charge in [0.2, 0.25) is 0 Å². The second-order valence-corrected chi connectivity index (χ2v) is 7.45. The van der Waals surface area contributed by atoms with Gasteiger partial charge in [0.25, 0.3) is 0 Å². The summed E-state index contributed by atoms with van der Waals surface area (Å²) in [4.78, 5) is 11.3. The van der Waals surface area contributed by atoms with Crippen LogP contribution in [0.4, 0.5) is 0 Å². The molecule has 1 saturated heterocycles. The minimum Gasteiger partial charge on any atom is -0.375 e. The Morgan fingerprint density at radius 1 is 1.25 bits per heavy atom. The van der Waals surface area contributed by atoms with E-state index >= 15 is 0 Å². The largest absolute Gasteiger partial charge is 0.375 e. The molecule has 0 amide bonds. The molecule has 2 aromatic heterocycles. The van der Waals surface area contributed by atoms with Gasteiger partial charge in [0.15, 0.2) is 0 Å². The van der Waals surface area contributed by atoms with Crippen LogP contribution in [0.15, 0.2) is 36.0 Å². The molecule has 1 aliphatic heterocycles. The van der Waals surface area contributed by atoms with Crippen LogP contribution >= 0.6 is 11.3 Å². The van der Waals surface area contributed by atoms with Crippen LogP contribution in [0.3, 0.4) is 0 Å². The molecule has 5 nitrogen and oxygen atoms in total. The van der Waals surface area contributed by atoms with Gasteiger partial charge < -0.3 is 9.47 Å². The van der Waals surface area contributed by atoms with Crippen molar-refractivity contribution < 1.29 is 9.47 Å². The van der Waals surface area contributed by atoms with E-state index in [9.17, 15) is 0 Å². The number of nitrogens with zero attached hydrogens (tertiary/aromatic N) is 3. The van der Waals surface area contributed by atoms with Crippen LogP contribution in [0.1, 0.15) is 23.5 Å². The first-order chi connectivity index (χ1) is 11.9. The molecule has 0 spiro atoms. The molecule has 2 fully saturated rings. The molecule has 0 N–H and O–H groups in total. The zero-order chi connectivity index (χ0) is 16.2. The maximum absolute atomic E-state index is 6.12. The number of morpholine rings is 1. The third-order valence-electron chi connectivity index (χ3n) is 4.97. The number of aromatic nitrogens is 2. The number of hydrogen-bond donors (Lipinski definition) is 0. The average molecular weight is 345 g/mol. The minimum atomic E-state index is 0.291. The third kappa shape index (κ3) is 3.67. The summed E-state index contributed by atoms with van der Waals surface area (Å²) in [5.74, 6) is 0.487. The summed E-state index contributed by atoms with van der Waals surface area (Å²) in [6.07, 6.45) is 6.35. The quantitative estimate of drug-likeness (QED) is 0.806. The lowest BCUT2D eigenvalue weighted by atomic mass is 10.0. The lowest BCUT2D eigenvalue weighted by Gasteiger charge is -2.39. The smallest absolute Gasteiger partial charge is 0.118 e. The Labute approximate surface area is 146 Å². The predicted molar refractivity (Wildman–Crippen MR) is 92.7 cm³/mol. The second-order valence-electron chi connectivity index (χ2n) is 6.47. The molecule has 2 aromatic rings. The Bertz CT molecular complexity index is 622. The minimum absolute atomic E-state index is 0.291. The van der Waals surface area contributed by atoms with Gasteiger partial charge in [0.05, 0.1) is 31.6 Å². The van der Waals surface area contributed by atoms with Crippen molar-refractivity contribution in [1.29, 1.82) is 0 Å². The molecule has 0 radical (unpaired) electrons. The Hall–Kier alpha value is -1.34. The molecular weight excluding hydrogens is 322 g/mol. The van der Waals surface area contributed by atoms with Crippen molar-refractivity contribution in [2.75, 3.05) is 19.8 Å². The van der Waals surface area contributed by atoms with Crippen molar-refractivity contribution in [3.63, 3.8) is 0 Å². The van der Waals surface area contributed by atoms with Gasteiger partial charge in [-0.25, -0.2) is 4.98 Å². The van der Waals surface area contributed by atoms with Crippen molar-refractivity contribution in [2.45, 2.75) is 38.1 Å². The zero-order valence-electron chi connectivity index (χ0n) is 13.7. The van der Waals surface area contributed by atoms with Crippen molar-refractivity contribution in [3.05, 3.63) is 46.7 Å². The fourth-order valence-corrected chi connectivity index (χ4v) is 4.38. The highest BCUT2D eigenvalue weighted by Gasteiger charge is 2.42. The first kappa shape index (κ1) is 16.1. The molecule has 2 aliphatic rings. The number of rotatable bonds is 6. The maximum Gasteiger partial charge on any atom is 0.118 e. The highest BCUT2D eigenvalue weighted by atomic mass is 32.1. The summed E-state index contributed by atoms with van der Waals surface area (Å²) in [5.41, 5.74) is 1.14. The van der Waals surface area contributed by atoms with Gasteiger partial charge in [-0.1, -0.05) is 6.07 Å². The van der Waals surface area contributed by atoms with Crippen LogP contribution in [-0.4, -0.2) is 46.8 Å². The Morgan fingerprint density at radius 2 is 2.25 bits per heavy atom. The monoisotopic (exact) mass is 345 g/mol. The van der Waals surface area contributed by atoms with E-state index in [-0.39, 0.29) is 0 Å². The molecule has 1 saturated carbocycles. The second kappa shape index (κ2) is 7.70. The van der Waals surface area contributed by atoms with E-state index in [1.54, 1.807) is 11.3 Å². The molecular formula is C18H23N3O2S. The summed E-state index contributed by atoms with van der Waals surface area (Å²) < 4.78 is 12.0. The Balaban J connectivity index is 1.32. The number of thiazole rings is 1. The fourth-order valence-electron chi connectivity index (χ4n) is 3.83. The van der Waals surface area contributed by atoms with Gasteiger partial charge >= 0.3 is 0 Å². The van der Waals surface area contributed by atoms with E-state index in [1.165, 1.54) is 12.8 Å². The van der Waals surface area contributed by atoms with E-state index in [4.69, 9.17) is 9.47 Å². The van der Waals surface area contributed by atoms with E-state index in [1.807, 2.05) is 23.8 Å². The summed E-state index contributed by atoms with van der Waals surface area (Å²) in [6.45, 7) is 4.08. The number of ether oxygens (including phenoxy) is 2. The van der Waals surface area contributed by atoms with Crippen LogP contribution in [-0.2, 0) is 22.6 Å². The van der Waals surface area contributed by atoms with E-state index in [0.29, 0.717) is 24.7 Å². The molecule has 3 atom stereocenters. The normalized spacial score (nSPS) is 27.2. The summed E-state index contributed by atoms with van der Waals surface area (Å²) in [6, 6.07) is 6.63. The molecule has 0 bridgehead atoms. The molecule has 4 rings (SSSR count). The number of fused-ring (bicyclic) bond motifs is 1. The standard InChI is InChI=1S/C18H23N3O2S/c1-2-6-19-15(3-1)11-21-8-9-23-18-14(4-5-16(18)21)12-22-13-17-20-7-10-24-17/h1-3,6-7,10,14,16,18H,4-5,8-9,11-13H2. The van der Waals surface area contributed by atoms with E-state index in [0.717, 1.165) is 37.0 Å². The van der Waals surface area contributed by atoms with E-state index in [2.05, 4.69) is 27.0 Å². The van der Waals surface area contributed by atoms with Gasteiger partial charge in [0.1, 0.15) is 5.01 Å². The first-order valence-electron chi connectivity index (χ1n) is 8.62. The van der Waals surface area contributed by atoms with Gasteiger partial charge in [-0.15, -0.1) is 11.3 Å². The van der Waals surface area contributed by atoms with Gasteiger partial charge in [-0.3, -0.25) is 9.88 Å². The predicted octanol–water partition coefficient (Wildman–Crippen LogP) is 2.73. The molecule has 3 heterocycles. The van der Waals surface area contributed by atoms with Gasteiger partial charge in [-0.05, 0) is 25.0 Å². The lowest BCUT2D eigenvalue weighted by Crippen LogP contribution is -2.50. The highest BCUT2D eigenvalue weighted by Crippen LogP contribution is 2.35. The summed E-state index contributed by atoms with van der Waals surface area (Å²) in [7, 11) is 0. The van der Waals surface area contributed by atoms with Crippen molar-refractivity contribution in [1.82, 2.24) is 14.9 Å². The first-order valence-corrected chi connectivity index (χ1v) is 9.50. The number of hydrogen-bond acceptors (Lipinski definition) is 6. The van der Waals surface area contributed by atoms with Gasteiger partial charge in [-0.2, -0.15) is 0 Å². The van der Waals surface area contributed by atoms with Crippen LogP contribution < -0.4 is 0 Å². The summed E-state index contributed by atoms with van der Waals surface area (Å²) in [5, 5.41) is 3.04. The Kier molecular flexibility index (Phi) is 5.18. The fraction of sp³-hybridized carbons (Fsp3) is 0.556. The highest BCUT2D eigenvalue weighted by molar-refractivity contribution is 7.09. The van der Waals surface area contributed by atoms with Crippen LogP contribution in [0.25, 0.3) is 0 Å². The molecule has 0 aromatic carbocycles. The van der Waals surface area contributed by atoms with Crippen molar-refractivity contribution >= 4 is 11.3 Å². The topological polar surface area (TPSA) is 47.5 Å². The van der Waals surface area contributed by atoms with Crippen LogP contribution in [0, 0.1) is 5.92 Å². The van der Waals surface area contributed by atoms with Crippen LogP contribution in [0.5, 0.6) is 0 Å². The molecule has 128 valence electrons. The molecule has 6 heteroatoms. The van der Waals surface area contributed by atoms with Gasteiger partial charge in [0, 0.05) is 42.8 Å². The zero-order valence-corrected chi connectivity index (χ0v) is 14.5. The van der Waals surface area contributed by atoms with Crippen molar-refractivity contribution in [3.8, 4) is 0 Å². The molecule has 3 unspecified atom stereocenters. The van der Waals surface area contributed by atoms with E-state index < -0.39 is 0 Å². The van der Waals surface area contributed by atoms with Crippen molar-refractivity contribution in [2.24, 2.45) is 5.92 Å². The maximum atomic E-state index is 6.12. The lowest BCUT2D eigenvalue weighted by molar-refractivity contribution is -0.0894. The Morgan fingerprint density at radius 3 is 3.08 bits per heavy atom. The third-order valence-corrected chi connectivity index (χ3v) is 5.72. The molecule has 1 aliphatic carbocycles. The average Bonchev–Trinajstić information content (AvgIpc) is 3.27.